The Hall–Kier alpha value is -3.15. The van der Waals surface area contributed by atoms with Gasteiger partial charge >= 0.3 is 6.09 Å². The maximum Gasteiger partial charge on any atom is 0.408 e. The Morgan fingerprint density at radius 2 is 1.93 bits per heavy atom. The quantitative estimate of drug-likeness (QED) is 0.835. The number of hydrogen-bond acceptors (Lipinski definition) is 4. The number of rotatable bonds is 3. The number of aryl methyl sites for hydroxylation is 1. The summed E-state index contributed by atoms with van der Waals surface area (Å²) < 4.78 is 5.26. The van der Waals surface area contributed by atoms with Crippen LogP contribution in [0.3, 0.4) is 0 Å². The Morgan fingerprint density at radius 3 is 2.70 bits per heavy atom. The largest absolute Gasteiger partial charge is 0.444 e. The molecular weight excluding hydrogens is 378 g/mol. The van der Waals surface area contributed by atoms with E-state index in [2.05, 4.69) is 30.4 Å². The third kappa shape index (κ3) is 4.08. The first-order chi connectivity index (χ1) is 14.2. The zero-order chi connectivity index (χ0) is 21.5. The molecule has 2 heterocycles. The number of fused-ring (bicyclic) bond motifs is 2. The number of anilines is 1. The fourth-order valence-electron chi connectivity index (χ4n) is 4.02. The molecule has 1 atom stereocenters. The van der Waals surface area contributed by atoms with E-state index >= 15 is 0 Å². The summed E-state index contributed by atoms with van der Waals surface area (Å²) >= 11 is 0. The zero-order valence-electron chi connectivity index (χ0n) is 17.9. The third-order valence-electron chi connectivity index (χ3n) is 5.29. The van der Waals surface area contributed by atoms with Crippen LogP contribution in [-0.2, 0) is 22.4 Å². The second-order valence-electron chi connectivity index (χ2n) is 8.88. The van der Waals surface area contributed by atoms with Gasteiger partial charge in [-0.2, -0.15) is 0 Å². The van der Waals surface area contributed by atoms with Gasteiger partial charge in [-0.25, -0.2) is 4.79 Å². The molecule has 2 aliphatic heterocycles. The Labute approximate surface area is 176 Å². The second-order valence-corrected chi connectivity index (χ2v) is 8.88. The average molecular weight is 405 g/mol. The Bertz CT molecular complexity index is 1040. The minimum absolute atomic E-state index is 0.126. The van der Waals surface area contributed by atoms with E-state index in [0.29, 0.717) is 0 Å². The van der Waals surface area contributed by atoms with Gasteiger partial charge in [0.1, 0.15) is 12.1 Å². The highest BCUT2D eigenvalue weighted by Gasteiger charge is 2.38. The lowest BCUT2D eigenvalue weighted by atomic mass is 10.0. The number of para-hydroxylation sites is 1. The first-order valence-corrected chi connectivity index (χ1v) is 10.2. The molecule has 2 aliphatic rings. The van der Waals surface area contributed by atoms with Crippen molar-refractivity contribution < 1.29 is 14.3 Å². The fourth-order valence-corrected chi connectivity index (χ4v) is 4.02. The van der Waals surface area contributed by atoms with E-state index in [4.69, 9.17) is 9.73 Å². The number of carbonyl (C=O) groups excluding carboxylic acids is 2. The predicted molar refractivity (Wildman–Crippen MR) is 118 cm³/mol. The van der Waals surface area contributed by atoms with Crippen molar-refractivity contribution in [2.75, 3.05) is 11.4 Å². The Kier molecular flexibility index (Phi) is 5.10. The number of nitrogens with one attached hydrogen (secondary N) is 1. The molecule has 156 valence electrons. The summed E-state index contributed by atoms with van der Waals surface area (Å²) in [6, 6.07) is 14.0. The zero-order valence-corrected chi connectivity index (χ0v) is 17.9. The van der Waals surface area contributed by atoms with Gasteiger partial charge in [-0.3, -0.25) is 9.79 Å². The lowest BCUT2D eigenvalue weighted by molar-refractivity contribution is -0.118. The molecule has 0 aromatic heterocycles. The van der Waals surface area contributed by atoms with Crippen LogP contribution >= 0.6 is 0 Å². The minimum Gasteiger partial charge on any atom is -0.444 e. The van der Waals surface area contributed by atoms with Gasteiger partial charge in [0, 0.05) is 24.2 Å². The number of ether oxygens (including phenoxy) is 1. The lowest BCUT2D eigenvalue weighted by Crippen LogP contribution is -2.48. The maximum absolute atomic E-state index is 13.2. The number of hydrogen-bond donors (Lipinski definition) is 1. The van der Waals surface area contributed by atoms with Crippen LogP contribution in [0.1, 0.15) is 37.5 Å². The van der Waals surface area contributed by atoms with Crippen LogP contribution in [0.15, 0.2) is 47.5 Å². The summed E-state index contributed by atoms with van der Waals surface area (Å²) in [5.41, 5.74) is 5.71. The molecule has 1 unspecified atom stereocenters. The average Bonchev–Trinajstić information content (AvgIpc) is 3.25. The summed E-state index contributed by atoms with van der Waals surface area (Å²) in [4.78, 5) is 31.8. The summed E-state index contributed by atoms with van der Waals surface area (Å²) in [7, 11) is 0. The molecule has 2 amide bonds. The topological polar surface area (TPSA) is 71.0 Å². The van der Waals surface area contributed by atoms with Gasteiger partial charge in [0.15, 0.2) is 0 Å². The highest BCUT2D eigenvalue weighted by atomic mass is 16.6. The Balaban J connectivity index is 1.55. The number of aliphatic imine (C=N–C) groups is 1. The van der Waals surface area contributed by atoms with Crippen molar-refractivity contribution in [2.24, 2.45) is 4.99 Å². The summed E-state index contributed by atoms with van der Waals surface area (Å²) in [5, 5.41) is 2.59. The molecule has 0 bridgehead atoms. The molecule has 0 fully saturated rings. The van der Waals surface area contributed by atoms with Crippen molar-refractivity contribution in [1.82, 2.24) is 5.32 Å². The predicted octanol–water partition coefficient (Wildman–Crippen LogP) is 4.11. The minimum atomic E-state index is -0.613. The van der Waals surface area contributed by atoms with Crippen molar-refractivity contribution in [3.63, 3.8) is 0 Å². The van der Waals surface area contributed by atoms with E-state index in [-0.39, 0.29) is 18.5 Å². The molecule has 0 spiro atoms. The highest BCUT2D eigenvalue weighted by Crippen LogP contribution is 2.37. The summed E-state index contributed by atoms with van der Waals surface area (Å²) in [5.74, 6) is -0.175. The molecule has 2 aromatic rings. The second kappa shape index (κ2) is 7.59. The standard InChI is InChI=1S/C24H27N3O3/c1-15-9-10-16-12-19(26-18(16)11-15)21-13-17-7-5-6-8-20(17)27(21)22(28)14-25-23(29)30-24(2,3)4/h5-11,21H,12-14H2,1-4H3,(H,25,29). The van der Waals surface area contributed by atoms with E-state index in [1.54, 1.807) is 25.7 Å². The van der Waals surface area contributed by atoms with E-state index in [1.165, 1.54) is 11.1 Å². The molecule has 6 nitrogen and oxygen atoms in total. The van der Waals surface area contributed by atoms with Crippen LogP contribution in [0.2, 0.25) is 0 Å². The van der Waals surface area contributed by atoms with Crippen molar-refractivity contribution >= 4 is 29.1 Å². The van der Waals surface area contributed by atoms with Crippen LogP contribution in [0.4, 0.5) is 16.2 Å². The molecule has 1 N–H and O–H groups in total. The number of alkyl carbamates (subject to hydrolysis) is 1. The number of carbonyl (C=O) groups is 2. The highest BCUT2D eigenvalue weighted by molar-refractivity contribution is 6.09. The van der Waals surface area contributed by atoms with Crippen LogP contribution in [0.25, 0.3) is 0 Å². The summed E-state index contributed by atoms with van der Waals surface area (Å²) in [6.07, 6.45) is 0.860. The van der Waals surface area contributed by atoms with Crippen molar-refractivity contribution in [3.05, 3.63) is 59.2 Å². The van der Waals surface area contributed by atoms with Crippen molar-refractivity contribution in [1.29, 1.82) is 0 Å². The monoisotopic (exact) mass is 405 g/mol. The maximum atomic E-state index is 13.2. The fraction of sp³-hybridized carbons (Fsp3) is 0.375. The van der Waals surface area contributed by atoms with Gasteiger partial charge in [-0.1, -0.05) is 30.3 Å². The first kappa shape index (κ1) is 20.1. The van der Waals surface area contributed by atoms with Crippen LogP contribution in [0.5, 0.6) is 0 Å². The van der Waals surface area contributed by atoms with E-state index in [0.717, 1.165) is 35.5 Å². The number of amides is 2. The molecule has 4 rings (SSSR count). The van der Waals surface area contributed by atoms with Gasteiger partial charge in [-0.15, -0.1) is 0 Å². The van der Waals surface area contributed by atoms with Crippen LogP contribution < -0.4 is 10.2 Å². The third-order valence-corrected chi connectivity index (χ3v) is 5.29. The molecule has 6 heteroatoms. The smallest absolute Gasteiger partial charge is 0.408 e. The normalized spacial score (nSPS) is 17.3. The number of benzene rings is 2. The van der Waals surface area contributed by atoms with E-state index < -0.39 is 11.7 Å². The molecule has 0 aliphatic carbocycles. The molecule has 2 aromatic carbocycles. The van der Waals surface area contributed by atoms with Gasteiger partial charge in [0.2, 0.25) is 5.91 Å². The first-order valence-electron chi connectivity index (χ1n) is 10.2. The van der Waals surface area contributed by atoms with Crippen molar-refractivity contribution in [2.45, 2.75) is 52.2 Å². The van der Waals surface area contributed by atoms with Crippen LogP contribution in [-0.4, -0.2) is 35.9 Å². The van der Waals surface area contributed by atoms with Crippen molar-refractivity contribution in [3.8, 4) is 0 Å². The van der Waals surface area contributed by atoms with Gasteiger partial charge in [0.05, 0.1) is 11.7 Å². The van der Waals surface area contributed by atoms with E-state index in [1.807, 2.05) is 24.3 Å². The lowest BCUT2D eigenvalue weighted by Gasteiger charge is -2.26. The molecular formula is C24H27N3O3. The van der Waals surface area contributed by atoms with Gasteiger partial charge in [0.25, 0.3) is 0 Å². The molecule has 30 heavy (non-hydrogen) atoms. The van der Waals surface area contributed by atoms with Gasteiger partial charge in [-0.05, 0) is 56.5 Å². The van der Waals surface area contributed by atoms with E-state index in [9.17, 15) is 9.59 Å². The molecule has 0 saturated heterocycles. The molecule has 0 saturated carbocycles. The molecule has 0 radical (unpaired) electrons. The SMILES string of the molecule is Cc1ccc2c(c1)N=C(C1Cc3ccccc3N1C(=O)CNC(=O)OC(C)(C)C)C2. The van der Waals surface area contributed by atoms with Gasteiger partial charge < -0.3 is 15.0 Å². The van der Waals surface area contributed by atoms with Crippen LogP contribution in [0, 0.1) is 6.92 Å². The number of nitrogens with zero attached hydrogens (tertiary/aromatic N) is 2. The Morgan fingerprint density at radius 1 is 1.17 bits per heavy atom. The summed E-state index contributed by atoms with van der Waals surface area (Å²) in [6.45, 7) is 7.30.